The van der Waals surface area contributed by atoms with Crippen LogP contribution in [-0.2, 0) is 0 Å². The Morgan fingerprint density at radius 1 is 1.23 bits per heavy atom. The fourth-order valence-electron chi connectivity index (χ4n) is 3.33. The van der Waals surface area contributed by atoms with Crippen LogP contribution in [0.1, 0.15) is 46.0 Å². The summed E-state index contributed by atoms with van der Waals surface area (Å²) in [7, 11) is 2.32. The summed E-state index contributed by atoms with van der Waals surface area (Å²) in [5.74, 6) is 0.836. The van der Waals surface area contributed by atoms with Crippen molar-refractivity contribution in [3.05, 3.63) is 0 Å². The van der Waals surface area contributed by atoms with Gasteiger partial charge in [0.15, 0.2) is 0 Å². The second kappa shape index (κ2) is 3.27. The minimum absolute atomic E-state index is 0.764. The Bertz CT molecular complexity index is 182. The van der Waals surface area contributed by atoms with E-state index in [1.54, 1.807) is 0 Å². The van der Waals surface area contributed by atoms with Crippen LogP contribution in [0.5, 0.6) is 0 Å². The Morgan fingerprint density at radius 2 is 1.92 bits per heavy atom. The Hall–Kier alpha value is -0.0400. The van der Waals surface area contributed by atoms with E-state index in [4.69, 9.17) is 0 Å². The van der Waals surface area contributed by atoms with Gasteiger partial charge in [0.2, 0.25) is 0 Å². The number of likely N-dealkylation sites (tertiary alicyclic amines) is 1. The minimum Gasteiger partial charge on any atom is -0.303 e. The second-order valence-electron chi connectivity index (χ2n) is 5.62. The van der Waals surface area contributed by atoms with Crippen molar-refractivity contribution >= 4 is 0 Å². The van der Waals surface area contributed by atoms with Crippen LogP contribution < -0.4 is 0 Å². The van der Waals surface area contributed by atoms with Crippen LogP contribution >= 0.6 is 0 Å². The van der Waals surface area contributed by atoms with E-state index in [2.05, 4.69) is 25.8 Å². The first-order valence-electron chi connectivity index (χ1n) is 5.83. The summed E-state index contributed by atoms with van der Waals surface area (Å²) in [5, 5.41) is 0. The molecule has 1 heteroatoms. The summed E-state index contributed by atoms with van der Waals surface area (Å²) in [4.78, 5) is 2.62. The molecule has 1 heterocycles. The van der Waals surface area contributed by atoms with Gasteiger partial charge in [-0.3, -0.25) is 0 Å². The van der Waals surface area contributed by atoms with Crippen molar-refractivity contribution in [3.8, 4) is 0 Å². The van der Waals surface area contributed by atoms with Gasteiger partial charge in [-0.05, 0) is 44.1 Å². The van der Waals surface area contributed by atoms with E-state index < -0.39 is 0 Å². The molecule has 0 N–H and O–H groups in total. The van der Waals surface area contributed by atoms with E-state index >= 15 is 0 Å². The molecular formula is C12H23N. The van der Waals surface area contributed by atoms with Crippen LogP contribution in [-0.4, -0.2) is 24.5 Å². The van der Waals surface area contributed by atoms with Gasteiger partial charge < -0.3 is 4.90 Å². The number of piperidine rings is 1. The normalized spacial score (nSPS) is 33.7. The topological polar surface area (TPSA) is 3.24 Å². The molecule has 1 aliphatic carbocycles. The zero-order chi connectivity index (χ0) is 9.47. The fraction of sp³-hybridized carbons (Fsp3) is 1.00. The van der Waals surface area contributed by atoms with Crippen LogP contribution in [0.15, 0.2) is 0 Å². The van der Waals surface area contributed by atoms with Gasteiger partial charge in [0.05, 0.1) is 0 Å². The van der Waals surface area contributed by atoms with Gasteiger partial charge >= 0.3 is 0 Å². The summed E-state index contributed by atoms with van der Waals surface area (Å²) in [6.07, 6.45) is 7.43. The third kappa shape index (κ3) is 1.63. The quantitative estimate of drug-likeness (QED) is 0.601. The Balaban J connectivity index is 1.95. The number of hydrogen-bond acceptors (Lipinski definition) is 1. The standard InChI is InChI=1S/C12H23N/c1-10(2)11-5-8-12(6-4-7-12)9-13(11)3/h10-11H,4-9H2,1-3H3. The van der Waals surface area contributed by atoms with E-state index in [9.17, 15) is 0 Å². The lowest BCUT2D eigenvalue weighted by atomic mass is 9.63. The van der Waals surface area contributed by atoms with E-state index in [1.165, 1.54) is 38.6 Å². The van der Waals surface area contributed by atoms with E-state index in [0.717, 1.165) is 17.4 Å². The maximum Gasteiger partial charge on any atom is 0.0116 e. The maximum absolute atomic E-state index is 2.62. The molecule has 1 saturated heterocycles. The molecule has 2 fully saturated rings. The van der Waals surface area contributed by atoms with Gasteiger partial charge in [-0.15, -0.1) is 0 Å². The van der Waals surface area contributed by atoms with Gasteiger partial charge in [-0.1, -0.05) is 20.3 Å². The molecule has 1 saturated carbocycles. The van der Waals surface area contributed by atoms with Gasteiger partial charge in [0, 0.05) is 12.6 Å². The summed E-state index contributed by atoms with van der Waals surface area (Å²) in [5.41, 5.74) is 0.764. The molecule has 76 valence electrons. The fourth-order valence-corrected chi connectivity index (χ4v) is 3.33. The minimum atomic E-state index is 0.764. The monoisotopic (exact) mass is 181 g/mol. The van der Waals surface area contributed by atoms with Crippen molar-refractivity contribution in [1.29, 1.82) is 0 Å². The number of hydrogen-bond donors (Lipinski definition) is 0. The van der Waals surface area contributed by atoms with Crippen molar-refractivity contribution in [1.82, 2.24) is 4.90 Å². The Morgan fingerprint density at radius 3 is 2.31 bits per heavy atom. The molecule has 0 radical (unpaired) electrons. The largest absolute Gasteiger partial charge is 0.303 e. The highest BCUT2D eigenvalue weighted by atomic mass is 15.1. The molecule has 1 unspecified atom stereocenters. The van der Waals surface area contributed by atoms with E-state index in [-0.39, 0.29) is 0 Å². The van der Waals surface area contributed by atoms with Crippen molar-refractivity contribution < 1.29 is 0 Å². The highest BCUT2D eigenvalue weighted by Crippen LogP contribution is 2.48. The highest BCUT2D eigenvalue weighted by Gasteiger charge is 2.42. The molecule has 0 aromatic carbocycles. The Labute approximate surface area is 82.5 Å². The summed E-state index contributed by atoms with van der Waals surface area (Å²) in [6, 6.07) is 0.853. The van der Waals surface area contributed by atoms with Gasteiger partial charge in [-0.25, -0.2) is 0 Å². The molecule has 0 amide bonds. The maximum atomic E-state index is 2.62. The predicted molar refractivity (Wildman–Crippen MR) is 56.8 cm³/mol. The smallest absolute Gasteiger partial charge is 0.0116 e. The molecule has 2 rings (SSSR count). The van der Waals surface area contributed by atoms with Gasteiger partial charge in [0.25, 0.3) is 0 Å². The zero-order valence-corrected chi connectivity index (χ0v) is 9.34. The predicted octanol–water partition coefficient (Wildman–Crippen LogP) is 2.91. The van der Waals surface area contributed by atoms with Gasteiger partial charge in [-0.2, -0.15) is 0 Å². The van der Waals surface area contributed by atoms with Gasteiger partial charge in [0.1, 0.15) is 0 Å². The van der Waals surface area contributed by atoms with Crippen LogP contribution in [0.2, 0.25) is 0 Å². The SMILES string of the molecule is CC(C)C1CCC2(CCC2)CN1C. The first kappa shape index (κ1) is 9.51. The molecule has 0 aromatic rings. The van der Waals surface area contributed by atoms with Crippen LogP contribution in [0.4, 0.5) is 0 Å². The highest BCUT2D eigenvalue weighted by molar-refractivity contribution is 4.96. The summed E-state index contributed by atoms with van der Waals surface area (Å²) in [6.45, 7) is 6.09. The zero-order valence-electron chi connectivity index (χ0n) is 9.34. The molecule has 2 aliphatic rings. The third-order valence-corrected chi connectivity index (χ3v) is 4.31. The van der Waals surface area contributed by atoms with Crippen LogP contribution in [0.3, 0.4) is 0 Å². The third-order valence-electron chi connectivity index (χ3n) is 4.31. The number of rotatable bonds is 1. The molecule has 0 bridgehead atoms. The average Bonchev–Trinajstić information content (AvgIpc) is 2.00. The summed E-state index contributed by atoms with van der Waals surface area (Å²) < 4.78 is 0. The molecular weight excluding hydrogens is 158 g/mol. The Kier molecular flexibility index (Phi) is 2.39. The molecule has 1 aliphatic heterocycles. The lowest BCUT2D eigenvalue weighted by Crippen LogP contribution is -2.51. The van der Waals surface area contributed by atoms with Crippen molar-refractivity contribution in [2.45, 2.75) is 52.0 Å². The number of nitrogens with zero attached hydrogens (tertiary/aromatic N) is 1. The average molecular weight is 181 g/mol. The van der Waals surface area contributed by atoms with Crippen molar-refractivity contribution in [3.63, 3.8) is 0 Å². The van der Waals surface area contributed by atoms with E-state index in [0.29, 0.717) is 0 Å². The first-order chi connectivity index (χ1) is 6.13. The molecule has 1 nitrogen and oxygen atoms in total. The first-order valence-corrected chi connectivity index (χ1v) is 5.83. The lowest BCUT2D eigenvalue weighted by Gasteiger charge is -2.52. The van der Waals surface area contributed by atoms with E-state index in [1.807, 2.05) is 0 Å². The van der Waals surface area contributed by atoms with Crippen LogP contribution in [0, 0.1) is 11.3 Å². The van der Waals surface area contributed by atoms with Crippen LogP contribution in [0.25, 0.3) is 0 Å². The molecule has 13 heavy (non-hydrogen) atoms. The van der Waals surface area contributed by atoms with Crippen molar-refractivity contribution in [2.75, 3.05) is 13.6 Å². The lowest BCUT2D eigenvalue weighted by molar-refractivity contribution is -0.0106. The summed E-state index contributed by atoms with van der Waals surface area (Å²) >= 11 is 0. The molecule has 1 spiro atoms. The van der Waals surface area contributed by atoms with Crippen molar-refractivity contribution in [2.24, 2.45) is 11.3 Å². The molecule has 1 atom stereocenters. The second-order valence-corrected chi connectivity index (χ2v) is 5.62. The molecule has 0 aromatic heterocycles.